The van der Waals surface area contributed by atoms with Gasteiger partial charge in [0, 0.05) is 55.1 Å². The van der Waals surface area contributed by atoms with E-state index in [0.29, 0.717) is 11.8 Å². The Kier molecular flexibility index (Phi) is 8.92. The fourth-order valence-corrected chi connectivity index (χ4v) is 13.8. The lowest BCUT2D eigenvalue weighted by molar-refractivity contribution is 0.445. The minimum Gasteiger partial charge on any atom is -0.310 e. The van der Waals surface area contributed by atoms with Gasteiger partial charge in [-0.15, -0.1) is 0 Å². The maximum Gasteiger partial charge on any atom is 0.252 e. The van der Waals surface area contributed by atoms with Crippen LogP contribution in [0.25, 0.3) is 99.8 Å². The van der Waals surface area contributed by atoms with Crippen LogP contribution in [0.3, 0.4) is 0 Å². The number of fused-ring (bicyclic) bond motifs is 10. The minimum atomic E-state index is 0.0642. The Morgan fingerprint density at radius 1 is 0.377 bits per heavy atom. The molecule has 0 spiro atoms. The highest BCUT2D eigenvalue weighted by molar-refractivity contribution is 7.00. The first kappa shape index (κ1) is 39.6. The Labute approximate surface area is 404 Å². The molecule has 5 heterocycles. The number of rotatable bonds is 6. The third-order valence-corrected chi connectivity index (χ3v) is 16.9. The summed E-state index contributed by atoms with van der Waals surface area (Å²) in [6, 6.07) is 69.2. The van der Waals surface area contributed by atoms with Gasteiger partial charge < -0.3 is 9.13 Å². The summed E-state index contributed by atoms with van der Waals surface area (Å²) in [5.74, 6) is 1.10. The fourth-order valence-electron chi connectivity index (χ4n) is 13.8. The average molecular weight is 886 g/mol. The molecule has 2 saturated carbocycles. The van der Waals surface area contributed by atoms with Gasteiger partial charge in [0.15, 0.2) is 0 Å². The van der Waals surface area contributed by atoms with E-state index in [1.54, 1.807) is 0 Å². The summed E-state index contributed by atoms with van der Waals surface area (Å²) in [6.07, 6.45) is 12.9. The van der Waals surface area contributed by atoms with E-state index in [0.717, 1.165) is 22.5 Å². The molecule has 0 radical (unpaired) electrons. The van der Waals surface area contributed by atoms with E-state index in [2.05, 4.69) is 191 Å². The van der Waals surface area contributed by atoms with Crippen molar-refractivity contribution in [3.05, 3.63) is 193 Å². The fraction of sp³-hybridized carbons (Fsp3) is 0.185. The van der Waals surface area contributed by atoms with Gasteiger partial charge in [-0.25, -0.2) is 4.98 Å². The van der Waals surface area contributed by atoms with Gasteiger partial charge in [-0.05, 0) is 136 Å². The van der Waals surface area contributed by atoms with Gasteiger partial charge in [0.25, 0.3) is 6.71 Å². The molecular weight excluding hydrogens is 834 g/mol. The van der Waals surface area contributed by atoms with Crippen molar-refractivity contribution in [1.82, 2.24) is 14.1 Å². The molecule has 2 aliphatic heterocycles. The molecule has 11 aromatic rings. The van der Waals surface area contributed by atoms with E-state index in [4.69, 9.17) is 4.98 Å². The Morgan fingerprint density at radius 3 is 1.30 bits per heavy atom. The summed E-state index contributed by atoms with van der Waals surface area (Å²) >= 11 is 0. The van der Waals surface area contributed by atoms with Crippen LogP contribution >= 0.6 is 0 Å². The number of hydrogen-bond acceptors (Lipinski definition) is 1. The van der Waals surface area contributed by atoms with Crippen LogP contribution in [-0.2, 0) is 0 Å². The smallest absolute Gasteiger partial charge is 0.252 e. The highest BCUT2D eigenvalue weighted by Crippen LogP contribution is 2.47. The van der Waals surface area contributed by atoms with E-state index < -0.39 is 0 Å². The molecule has 2 aliphatic carbocycles. The zero-order valence-corrected chi connectivity index (χ0v) is 39.0. The SMILES string of the molecule is c1ccc(-c2ccc3c(c2)c2c(C4CCCCC4)ccc4c2n3-c2cc(-c3cccc(-c5ccccc5)n3)cc3c2B4c2ccc(C4CCCCC4)c4c5cc(-c6ccccc6)ccc5n-3c24)cc1. The Hall–Kier alpha value is -7.43. The van der Waals surface area contributed by atoms with E-state index in [1.165, 1.54) is 169 Å². The molecule has 0 atom stereocenters. The molecule has 0 N–H and O–H groups in total. The van der Waals surface area contributed by atoms with E-state index in [-0.39, 0.29) is 6.71 Å². The monoisotopic (exact) mass is 885 g/mol. The van der Waals surface area contributed by atoms with Crippen LogP contribution in [-0.4, -0.2) is 20.8 Å². The van der Waals surface area contributed by atoms with Gasteiger partial charge in [0.05, 0.1) is 22.4 Å². The molecule has 4 aliphatic rings. The maximum absolute atomic E-state index is 5.48. The van der Waals surface area contributed by atoms with Crippen LogP contribution in [0, 0.1) is 0 Å². The second-order valence-electron chi connectivity index (χ2n) is 20.6. The third kappa shape index (κ3) is 5.97. The van der Waals surface area contributed by atoms with Crippen molar-refractivity contribution in [1.29, 1.82) is 0 Å². The predicted octanol–water partition coefficient (Wildman–Crippen LogP) is 15.2. The molecule has 15 rings (SSSR count). The van der Waals surface area contributed by atoms with Crippen LogP contribution < -0.4 is 16.4 Å². The second kappa shape index (κ2) is 15.6. The molecule has 69 heavy (non-hydrogen) atoms. The van der Waals surface area contributed by atoms with Crippen LogP contribution in [0.1, 0.15) is 87.2 Å². The first-order valence-electron chi connectivity index (χ1n) is 25.8. The topological polar surface area (TPSA) is 22.8 Å². The van der Waals surface area contributed by atoms with Gasteiger partial charge >= 0.3 is 0 Å². The normalized spacial score (nSPS) is 15.7. The minimum absolute atomic E-state index is 0.0642. The summed E-state index contributed by atoms with van der Waals surface area (Å²) in [7, 11) is 0. The largest absolute Gasteiger partial charge is 0.310 e. The summed E-state index contributed by atoms with van der Waals surface area (Å²) in [6.45, 7) is 0.0642. The van der Waals surface area contributed by atoms with Gasteiger partial charge in [0.2, 0.25) is 0 Å². The molecule has 0 amide bonds. The van der Waals surface area contributed by atoms with Crippen molar-refractivity contribution in [3.8, 4) is 56.1 Å². The number of nitrogens with zero attached hydrogens (tertiary/aromatic N) is 3. The number of aromatic nitrogens is 3. The summed E-state index contributed by atoms with van der Waals surface area (Å²) in [5, 5.41) is 5.66. The molecule has 0 bridgehead atoms. The van der Waals surface area contributed by atoms with Crippen LogP contribution in [0.5, 0.6) is 0 Å². The lowest BCUT2D eigenvalue weighted by Gasteiger charge is -2.35. The summed E-state index contributed by atoms with van der Waals surface area (Å²) in [4.78, 5) is 5.48. The quantitative estimate of drug-likeness (QED) is 0.153. The molecule has 8 aromatic carbocycles. The average Bonchev–Trinajstić information content (AvgIpc) is 3.96. The van der Waals surface area contributed by atoms with Crippen molar-refractivity contribution in [2.45, 2.75) is 76.0 Å². The number of hydrogen-bond donors (Lipinski definition) is 0. The third-order valence-electron chi connectivity index (χ3n) is 16.9. The van der Waals surface area contributed by atoms with E-state index >= 15 is 0 Å². The zero-order chi connectivity index (χ0) is 45.2. The zero-order valence-electron chi connectivity index (χ0n) is 39.0. The molecule has 4 heteroatoms. The van der Waals surface area contributed by atoms with Crippen LogP contribution in [0.4, 0.5) is 0 Å². The number of pyridine rings is 1. The molecular formula is C65H52BN3. The lowest BCUT2D eigenvalue weighted by atomic mass is 9.34. The lowest BCUT2D eigenvalue weighted by Crippen LogP contribution is -2.59. The van der Waals surface area contributed by atoms with Gasteiger partial charge in [0.1, 0.15) is 0 Å². The number of benzene rings is 8. The van der Waals surface area contributed by atoms with Gasteiger partial charge in [-0.1, -0.05) is 172 Å². The van der Waals surface area contributed by atoms with Crippen LogP contribution in [0.2, 0.25) is 0 Å². The molecule has 3 aromatic heterocycles. The van der Waals surface area contributed by atoms with Gasteiger partial charge in [-0.3, -0.25) is 0 Å². The molecule has 2 fully saturated rings. The molecule has 0 saturated heterocycles. The maximum atomic E-state index is 5.48. The van der Waals surface area contributed by atoms with Crippen molar-refractivity contribution in [2.75, 3.05) is 0 Å². The first-order chi connectivity index (χ1) is 34.2. The Balaban J connectivity index is 1.09. The van der Waals surface area contributed by atoms with Gasteiger partial charge in [-0.2, -0.15) is 0 Å². The van der Waals surface area contributed by atoms with Crippen molar-refractivity contribution >= 4 is 66.7 Å². The van der Waals surface area contributed by atoms with E-state index in [1.807, 2.05) is 0 Å². The second-order valence-corrected chi connectivity index (χ2v) is 20.6. The van der Waals surface area contributed by atoms with Crippen molar-refractivity contribution in [3.63, 3.8) is 0 Å². The molecule has 3 nitrogen and oxygen atoms in total. The van der Waals surface area contributed by atoms with Crippen molar-refractivity contribution < 1.29 is 0 Å². The summed E-state index contributed by atoms with van der Waals surface area (Å²) < 4.78 is 5.39. The van der Waals surface area contributed by atoms with Crippen molar-refractivity contribution in [2.24, 2.45) is 0 Å². The first-order valence-corrected chi connectivity index (χ1v) is 25.8. The standard InChI is InChI=1S/C65H52BN3/c1-6-17-41(18-7-1)46-29-35-57-51(37-46)61-49(43-21-10-3-11-22-43)31-33-53-64(61)68(57)59-39-48(56-28-16-27-55(67-56)45-25-14-5-15-26-45)40-60-63(59)66(53)54-34-32-50(44-23-12-4-13-24-44)62-52-38-47(42-19-8-2-9-20-42)30-36-58(52)69(60)65(54)62/h1-2,5-9,14-20,25-40,43-44H,3-4,10-13,21-24H2. The molecule has 0 unspecified atom stereocenters. The highest BCUT2D eigenvalue weighted by Gasteiger charge is 2.43. The van der Waals surface area contributed by atoms with E-state index in [9.17, 15) is 0 Å². The predicted molar refractivity (Wildman–Crippen MR) is 291 cm³/mol. The Bertz CT molecular complexity index is 3640. The summed E-state index contributed by atoms with van der Waals surface area (Å²) in [5.41, 5.74) is 24.6. The highest BCUT2D eigenvalue weighted by atomic mass is 15.0. The molecule has 330 valence electrons. The van der Waals surface area contributed by atoms with Crippen LogP contribution in [0.15, 0.2) is 182 Å². The Morgan fingerprint density at radius 2 is 0.826 bits per heavy atom.